The lowest BCUT2D eigenvalue weighted by molar-refractivity contribution is -0.207. The van der Waals surface area contributed by atoms with Crippen LogP contribution >= 0.6 is 0 Å². The zero-order valence-electron chi connectivity index (χ0n) is 4.91. The SMILES string of the molecule is O=CC=O.OC(O)C(O)O. The van der Waals surface area contributed by atoms with Crippen molar-refractivity contribution in [1.29, 1.82) is 0 Å². The molecule has 6 nitrogen and oxygen atoms in total. The van der Waals surface area contributed by atoms with Crippen LogP contribution in [-0.4, -0.2) is 45.6 Å². The predicted octanol–water partition coefficient (Wildman–Crippen LogP) is -3.01. The van der Waals surface area contributed by atoms with Gasteiger partial charge in [0, 0.05) is 0 Å². The molecule has 10 heavy (non-hydrogen) atoms. The quantitative estimate of drug-likeness (QED) is 0.190. The maximum atomic E-state index is 8.81. The minimum atomic E-state index is -2.04. The summed E-state index contributed by atoms with van der Waals surface area (Å²) in [5.74, 6) is 0. The highest BCUT2D eigenvalue weighted by atomic mass is 16.6. The Morgan fingerprint density at radius 1 is 0.800 bits per heavy atom. The van der Waals surface area contributed by atoms with Crippen LogP contribution in [0.4, 0.5) is 0 Å². The first-order valence-electron chi connectivity index (χ1n) is 2.17. The molecule has 0 fully saturated rings. The number of carbonyl (C=O) groups excluding carboxylic acids is 2. The van der Waals surface area contributed by atoms with Crippen molar-refractivity contribution in [3.63, 3.8) is 0 Å². The Kier molecular flexibility index (Phi) is 9.75. The molecule has 0 aromatic carbocycles. The maximum Gasteiger partial charge on any atom is 0.204 e. The second-order valence-corrected chi connectivity index (χ2v) is 1.10. The molecule has 0 amide bonds. The van der Waals surface area contributed by atoms with Crippen molar-refractivity contribution in [1.82, 2.24) is 0 Å². The van der Waals surface area contributed by atoms with Gasteiger partial charge < -0.3 is 20.4 Å². The van der Waals surface area contributed by atoms with Crippen LogP contribution in [0.2, 0.25) is 0 Å². The largest absolute Gasteiger partial charge is 0.364 e. The molecule has 4 N–H and O–H groups in total. The van der Waals surface area contributed by atoms with E-state index in [0.29, 0.717) is 0 Å². The lowest BCUT2D eigenvalue weighted by Gasteiger charge is -2.01. The third-order valence-corrected chi connectivity index (χ3v) is 0.322. The van der Waals surface area contributed by atoms with Gasteiger partial charge in [-0.3, -0.25) is 9.59 Å². The number of hydrogen-bond donors (Lipinski definition) is 4. The molecule has 0 aromatic rings. The Balaban J connectivity index is 0. The molecule has 0 aliphatic carbocycles. The van der Waals surface area contributed by atoms with Crippen LogP contribution in [-0.2, 0) is 9.59 Å². The molecule has 0 rings (SSSR count). The van der Waals surface area contributed by atoms with Crippen LogP contribution in [0.5, 0.6) is 0 Å². The van der Waals surface area contributed by atoms with Crippen molar-refractivity contribution in [3.8, 4) is 0 Å². The van der Waals surface area contributed by atoms with Crippen LogP contribution in [0.1, 0.15) is 0 Å². The Labute approximate surface area is 56.3 Å². The Morgan fingerprint density at radius 2 is 1.00 bits per heavy atom. The average molecular weight is 152 g/mol. The van der Waals surface area contributed by atoms with Crippen LogP contribution in [0.15, 0.2) is 0 Å². The summed E-state index contributed by atoms with van der Waals surface area (Å²) < 4.78 is 0. The Hall–Kier alpha value is -0.820. The van der Waals surface area contributed by atoms with E-state index in [1.54, 1.807) is 0 Å². The second-order valence-electron chi connectivity index (χ2n) is 1.10. The minimum absolute atomic E-state index is 0.194. The van der Waals surface area contributed by atoms with Crippen LogP contribution in [0, 0.1) is 0 Å². The van der Waals surface area contributed by atoms with Gasteiger partial charge in [-0.2, -0.15) is 0 Å². The molecule has 0 saturated heterocycles. The van der Waals surface area contributed by atoms with E-state index < -0.39 is 12.6 Å². The van der Waals surface area contributed by atoms with Crippen LogP contribution in [0.3, 0.4) is 0 Å². The van der Waals surface area contributed by atoms with E-state index in [0.717, 1.165) is 0 Å². The summed E-state index contributed by atoms with van der Waals surface area (Å²) >= 11 is 0. The van der Waals surface area contributed by atoms with Crippen molar-refractivity contribution in [2.75, 3.05) is 0 Å². The highest BCUT2D eigenvalue weighted by molar-refractivity contribution is 6.09. The van der Waals surface area contributed by atoms with E-state index in [-0.39, 0.29) is 12.6 Å². The summed E-state index contributed by atoms with van der Waals surface area (Å²) in [5.41, 5.74) is 0. The number of hydrogen-bond acceptors (Lipinski definition) is 6. The first kappa shape index (κ1) is 11.9. The first-order chi connectivity index (χ1) is 4.56. The number of carbonyl (C=O) groups is 2. The summed E-state index contributed by atoms with van der Waals surface area (Å²) in [6, 6.07) is 0. The average Bonchev–Trinajstić information content (AvgIpc) is 1.89. The molecule has 0 radical (unpaired) electrons. The minimum Gasteiger partial charge on any atom is -0.364 e. The fraction of sp³-hybridized carbons (Fsp3) is 0.500. The highest BCUT2D eigenvalue weighted by Gasteiger charge is 2.04. The van der Waals surface area contributed by atoms with E-state index >= 15 is 0 Å². The number of aliphatic hydroxyl groups is 4. The summed E-state index contributed by atoms with van der Waals surface area (Å²) in [7, 11) is 0. The lowest BCUT2D eigenvalue weighted by Crippen LogP contribution is -2.23. The molecule has 0 heterocycles. The van der Waals surface area contributed by atoms with Crippen LogP contribution < -0.4 is 0 Å². The number of aliphatic hydroxyl groups excluding tert-OH is 2. The molecular formula is C4H8O6. The van der Waals surface area contributed by atoms with Crippen molar-refractivity contribution >= 4 is 12.6 Å². The van der Waals surface area contributed by atoms with Gasteiger partial charge in [0.05, 0.1) is 0 Å². The molecular weight excluding hydrogens is 144 g/mol. The van der Waals surface area contributed by atoms with E-state index in [9.17, 15) is 0 Å². The van der Waals surface area contributed by atoms with E-state index in [1.165, 1.54) is 0 Å². The van der Waals surface area contributed by atoms with E-state index in [4.69, 9.17) is 30.0 Å². The molecule has 0 unspecified atom stereocenters. The standard InChI is InChI=1S/C2H6O4.C2H2O2/c3-1(4)2(5)6;3-1-2-4/h1-6H;1-2H. The van der Waals surface area contributed by atoms with Gasteiger partial charge in [-0.1, -0.05) is 0 Å². The zero-order valence-corrected chi connectivity index (χ0v) is 4.91. The summed E-state index contributed by atoms with van der Waals surface area (Å²) in [5, 5.41) is 30.7. The normalized spacial score (nSPS) is 8.60. The van der Waals surface area contributed by atoms with Crippen molar-refractivity contribution in [2.45, 2.75) is 12.6 Å². The van der Waals surface area contributed by atoms with Gasteiger partial charge in [0.2, 0.25) is 12.6 Å². The van der Waals surface area contributed by atoms with E-state index in [2.05, 4.69) is 0 Å². The Morgan fingerprint density at radius 3 is 1.00 bits per heavy atom. The summed E-state index contributed by atoms with van der Waals surface area (Å²) in [6.45, 7) is 0. The third-order valence-electron chi connectivity index (χ3n) is 0.322. The van der Waals surface area contributed by atoms with Crippen molar-refractivity contribution < 1.29 is 30.0 Å². The van der Waals surface area contributed by atoms with Gasteiger partial charge in [0.1, 0.15) is 0 Å². The van der Waals surface area contributed by atoms with Crippen molar-refractivity contribution in [2.24, 2.45) is 0 Å². The zero-order chi connectivity index (χ0) is 8.57. The molecule has 0 saturated carbocycles. The van der Waals surface area contributed by atoms with Crippen molar-refractivity contribution in [3.05, 3.63) is 0 Å². The molecule has 6 heteroatoms. The van der Waals surface area contributed by atoms with Gasteiger partial charge in [-0.05, 0) is 0 Å². The fourth-order valence-corrected chi connectivity index (χ4v) is 0. The summed E-state index contributed by atoms with van der Waals surface area (Å²) in [4.78, 5) is 17.6. The Bertz CT molecular complexity index is 75.7. The molecule has 0 spiro atoms. The highest BCUT2D eigenvalue weighted by Crippen LogP contribution is 1.77. The molecule has 0 bridgehead atoms. The third kappa shape index (κ3) is 15.7. The maximum absolute atomic E-state index is 8.81. The molecule has 60 valence electrons. The predicted molar refractivity (Wildman–Crippen MR) is 28.6 cm³/mol. The summed E-state index contributed by atoms with van der Waals surface area (Å²) in [6.07, 6.45) is -3.69. The van der Waals surface area contributed by atoms with Gasteiger partial charge in [0.15, 0.2) is 12.6 Å². The topological polar surface area (TPSA) is 115 Å². The van der Waals surface area contributed by atoms with Crippen LogP contribution in [0.25, 0.3) is 0 Å². The number of rotatable bonds is 2. The van der Waals surface area contributed by atoms with Gasteiger partial charge in [-0.15, -0.1) is 0 Å². The molecule has 0 aromatic heterocycles. The number of aldehydes is 2. The molecule has 0 atom stereocenters. The smallest absolute Gasteiger partial charge is 0.204 e. The monoisotopic (exact) mass is 152 g/mol. The first-order valence-corrected chi connectivity index (χ1v) is 2.17. The lowest BCUT2D eigenvalue weighted by atomic mass is 10.6. The second kappa shape index (κ2) is 8.18. The van der Waals surface area contributed by atoms with Gasteiger partial charge in [-0.25, -0.2) is 0 Å². The van der Waals surface area contributed by atoms with Gasteiger partial charge in [0.25, 0.3) is 0 Å². The van der Waals surface area contributed by atoms with E-state index in [1.807, 2.05) is 0 Å². The fourth-order valence-electron chi connectivity index (χ4n) is 0. The van der Waals surface area contributed by atoms with Gasteiger partial charge >= 0.3 is 0 Å². The molecule has 0 aliphatic rings. The molecule has 0 aliphatic heterocycles.